The van der Waals surface area contributed by atoms with Crippen LogP contribution in [-0.2, 0) is 18.0 Å². The van der Waals surface area contributed by atoms with E-state index < -0.39 is 0 Å². The molecule has 3 N–H and O–H groups in total. The number of fused-ring (bicyclic) bond motifs is 1. The highest BCUT2D eigenvalue weighted by Crippen LogP contribution is 2.40. The monoisotopic (exact) mass is 222 g/mol. The summed E-state index contributed by atoms with van der Waals surface area (Å²) in [5, 5.41) is 29.0. The first-order valence-corrected chi connectivity index (χ1v) is 5.04. The number of phenolic OH excluding ortho intramolecular Hbond substituents is 1. The van der Waals surface area contributed by atoms with Crippen LogP contribution in [0, 0.1) is 6.92 Å². The van der Waals surface area contributed by atoms with Crippen molar-refractivity contribution in [2.24, 2.45) is 0 Å². The molecule has 2 rings (SSSR count). The van der Waals surface area contributed by atoms with Crippen molar-refractivity contribution < 1.29 is 20.1 Å². The van der Waals surface area contributed by atoms with Gasteiger partial charge in [-0.05, 0) is 25.5 Å². The van der Waals surface area contributed by atoms with Gasteiger partial charge in [-0.25, -0.2) is 0 Å². The Morgan fingerprint density at radius 2 is 1.94 bits per heavy atom. The van der Waals surface area contributed by atoms with Gasteiger partial charge in [-0.1, -0.05) is 0 Å². The second kappa shape index (κ2) is 3.72. The minimum absolute atomic E-state index is 0.0356. The Morgan fingerprint density at radius 3 is 2.56 bits per heavy atom. The van der Waals surface area contributed by atoms with E-state index in [0.29, 0.717) is 28.0 Å². The van der Waals surface area contributed by atoms with Gasteiger partial charge in [0, 0.05) is 16.7 Å². The normalized spacial score (nSPS) is 14.1. The van der Waals surface area contributed by atoms with Crippen molar-refractivity contribution in [3.63, 3.8) is 0 Å². The average molecular weight is 222 g/mol. The van der Waals surface area contributed by atoms with Gasteiger partial charge in [-0.15, -0.1) is 0 Å². The molecule has 1 aliphatic rings. The Hall–Kier alpha value is -1.68. The summed E-state index contributed by atoms with van der Waals surface area (Å²) in [5.41, 5.74) is 2.09. The molecule has 0 bridgehead atoms. The maximum absolute atomic E-state index is 9.88. The summed E-state index contributed by atoms with van der Waals surface area (Å²) < 4.78 is 5.32. The van der Waals surface area contributed by atoms with Crippen molar-refractivity contribution in [3.8, 4) is 11.5 Å². The molecule has 1 aliphatic heterocycles. The first kappa shape index (κ1) is 10.8. The molecule has 1 aromatic rings. The molecule has 0 amide bonds. The number of allylic oxidation sites excluding steroid dienone is 1. The third-order valence-electron chi connectivity index (χ3n) is 2.88. The molecule has 1 heterocycles. The zero-order valence-electron chi connectivity index (χ0n) is 9.24. The number of aliphatic hydroxyl groups excluding tert-OH is 1. The largest absolute Gasteiger partial charge is 0.507 e. The fourth-order valence-corrected chi connectivity index (χ4v) is 1.91. The maximum Gasteiger partial charge on any atom is 0.129 e. The molecule has 1 aromatic carbocycles. The van der Waals surface area contributed by atoms with Gasteiger partial charge in [0.2, 0.25) is 0 Å². The lowest BCUT2D eigenvalue weighted by Crippen LogP contribution is -2.06. The van der Waals surface area contributed by atoms with Gasteiger partial charge >= 0.3 is 0 Å². The minimum atomic E-state index is -0.265. The van der Waals surface area contributed by atoms with Gasteiger partial charge in [0.15, 0.2) is 0 Å². The van der Waals surface area contributed by atoms with Gasteiger partial charge in [-0.3, -0.25) is 0 Å². The summed E-state index contributed by atoms with van der Waals surface area (Å²) in [5.74, 6) is 0.683. The van der Waals surface area contributed by atoms with Crippen LogP contribution in [0.15, 0.2) is 5.76 Å². The summed E-state index contributed by atoms with van der Waals surface area (Å²) in [6.07, 6.45) is 1.71. The van der Waals surface area contributed by atoms with E-state index in [-0.39, 0.29) is 24.7 Å². The molecule has 0 aromatic heterocycles. The van der Waals surface area contributed by atoms with Gasteiger partial charge in [0.1, 0.15) is 18.1 Å². The number of aliphatic hydroxyl groups is 1. The zero-order chi connectivity index (χ0) is 11.9. The SMILES string of the molecule is CC1=Cc2c(CO)c(O)c(C)c(O)c2CO1. The second-order valence-corrected chi connectivity index (χ2v) is 3.89. The molecule has 4 heteroatoms. The lowest BCUT2D eigenvalue weighted by molar-refractivity contribution is 0.194. The Kier molecular flexibility index (Phi) is 2.52. The average Bonchev–Trinajstić information content (AvgIpc) is 2.27. The smallest absolute Gasteiger partial charge is 0.129 e. The van der Waals surface area contributed by atoms with Crippen LogP contribution in [0.25, 0.3) is 6.08 Å². The molecule has 0 spiro atoms. The molecule has 4 nitrogen and oxygen atoms in total. The summed E-state index contributed by atoms with van der Waals surface area (Å²) >= 11 is 0. The minimum Gasteiger partial charge on any atom is -0.507 e. The van der Waals surface area contributed by atoms with E-state index in [1.54, 1.807) is 19.9 Å². The van der Waals surface area contributed by atoms with Crippen molar-refractivity contribution in [2.75, 3.05) is 0 Å². The van der Waals surface area contributed by atoms with Gasteiger partial charge in [0.05, 0.1) is 12.4 Å². The lowest BCUT2D eigenvalue weighted by atomic mass is 9.94. The molecule has 0 aliphatic carbocycles. The fourth-order valence-electron chi connectivity index (χ4n) is 1.91. The molecule has 16 heavy (non-hydrogen) atoms. The number of hydrogen-bond donors (Lipinski definition) is 3. The molecular formula is C12H14O4. The molecular weight excluding hydrogens is 208 g/mol. The zero-order valence-corrected chi connectivity index (χ0v) is 9.24. The van der Waals surface area contributed by atoms with Crippen LogP contribution in [0.2, 0.25) is 0 Å². The topological polar surface area (TPSA) is 69.9 Å². The van der Waals surface area contributed by atoms with E-state index in [9.17, 15) is 15.3 Å². The molecule has 0 saturated carbocycles. The fraction of sp³-hybridized carbons (Fsp3) is 0.333. The van der Waals surface area contributed by atoms with Crippen LogP contribution in [0.5, 0.6) is 11.5 Å². The second-order valence-electron chi connectivity index (χ2n) is 3.89. The Morgan fingerprint density at radius 1 is 1.25 bits per heavy atom. The van der Waals surface area contributed by atoms with E-state index in [0.717, 1.165) is 0 Å². The quantitative estimate of drug-likeness (QED) is 0.677. The summed E-state index contributed by atoms with van der Waals surface area (Å²) in [6, 6.07) is 0. The van der Waals surface area contributed by atoms with E-state index in [4.69, 9.17) is 4.74 Å². The summed E-state index contributed by atoms with van der Waals surface area (Å²) in [4.78, 5) is 0. The predicted octanol–water partition coefficient (Wildman–Crippen LogP) is 1.79. The van der Waals surface area contributed by atoms with E-state index in [2.05, 4.69) is 0 Å². The highest BCUT2D eigenvalue weighted by molar-refractivity contribution is 5.69. The van der Waals surface area contributed by atoms with Crippen molar-refractivity contribution in [3.05, 3.63) is 28.0 Å². The Labute approximate surface area is 93.4 Å². The number of hydrogen-bond acceptors (Lipinski definition) is 4. The predicted molar refractivity (Wildman–Crippen MR) is 58.9 cm³/mol. The van der Waals surface area contributed by atoms with Gasteiger partial charge in [0.25, 0.3) is 0 Å². The van der Waals surface area contributed by atoms with E-state index in [1.807, 2.05) is 0 Å². The number of aromatic hydroxyl groups is 2. The molecule has 0 atom stereocenters. The highest BCUT2D eigenvalue weighted by atomic mass is 16.5. The number of benzene rings is 1. The van der Waals surface area contributed by atoms with Gasteiger partial charge < -0.3 is 20.1 Å². The molecule has 0 unspecified atom stereocenters. The summed E-state index contributed by atoms with van der Waals surface area (Å²) in [6.45, 7) is 3.39. The van der Waals surface area contributed by atoms with Crippen LogP contribution < -0.4 is 0 Å². The van der Waals surface area contributed by atoms with Crippen molar-refractivity contribution in [1.82, 2.24) is 0 Å². The molecule has 86 valence electrons. The standard InChI is InChI=1S/C12H14O4/c1-6-3-8-9(4-13)11(14)7(2)12(15)10(8)5-16-6/h3,13-15H,4-5H2,1-2H3. The molecule has 0 saturated heterocycles. The van der Waals surface area contributed by atoms with Crippen LogP contribution in [-0.4, -0.2) is 15.3 Å². The molecule has 0 fully saturated rings. The van der Waals surface area contributed by atoms with Crippen molar-refractivity contribution in [1.29, 1.82) is 0 Å². The number of ether oxygens (including phenoxy) is 1. The van der Waals surface area contributed by atoms with Crippen LogP contribution in [0.4, 0.5) is 0 Å². The van der Waals surface area contributed by atoms with Crippen LogP contribution in [0.1, 0.15) is 29.2 Å². The van der Waals surface area contributed by atoms with Crippen LogP contribution in [0.3, 0.4) is 0 Å². The lowest BCUT2D eigenvalue weighted by Gasteiger charge is -2.21. The van der Waals surface area contributed by atoms with Crippen molar-refractivity contribution in [2.45, 2.75) is 27.1 Å². The Bertz CT molecular complexity index is 475. The number of rotatable bonds is 1. The first-order chi connectivity index (χ1) is 7.56. The third kappa shape index (κ3) is 1.42. The van der Waals surface area contributed by atoms with E-state index >= 15 is 0 Å². The summed E-state index contributed by atoms with van der Waals surface area (Å²) in [7, 11) is 0. The number of phenols is 2. The Balaban J connectivity index is 2.78. The van der Waals surface area contributed by atoms with Crippen LogP contribution >= 0.6 is 0 Å². The van der Waals surface area contributed by atoms with E-state index in [1.165, 1.54) is 0 Å². The molecule has 0 radical (unpaired) electrons. The maximum atomic E-state index is 9.88. The van der Waals surface area contributed by atoms with Gasteiger partial charge in [-0.2, -0.15) is 0 Å². The highest BCUT2D eigenvalue weighted by Gasteiger charge is 2.22. The third-order valence-corrected chi connectivity index (χ3v) is 2.88. The first-order valence-electron chi connectivity index (χ1n) is 5.04. The van der Waals surface area contributed by atoms with Crippen molar-refractivity contribution >= 4 is 6.08 Å².